The molecule has 0 saturated carbocycles. The molecule has 1 aromatic rings. The van der Waals surface area contributed by atoms with Gasteiger partial charge in [0, 0.05) is 6.54 Å². The van der Waals surface area contributed by atoms with E-state index in [0.717, 1.165) is 6.42 Å². The first-order valence-electron chi connectivity index (χ1n) is 6.70. The highest BCUT2D eigenvalue weighted by Crippen LogP contribution is 2.20. The normalized spacial score (nSPS) is 12.3. The van der Waals surface area contributed by atoms with Gasteiger partial charge in [-0.15, -0.1) is 0 Å². The molecule has 5 nitrogen and oxygen atoms in total. The Morgan fingerprint density at radius 1 is 1.30 bits per heavy atom. The number of nitrogens with two attached hydrogens (primary N) is 1. The minimum atomic E-state index is -3.32. The lowest BCUT2D eigenvalue weighted by Gasteiger charge is -2.22. The smallest absolute Gasteiger partial charge is 0.214 e. The largest absolute Gasteiger partial charge is 0.490 e. The van der Waals surface area contributed by atoms with E-state index in [-0.39, 0.29) is 17.8 Å². The first kappa shape index (κ1) is 16.8. The summed E-state index contributed by atoms with van der Waals surface area (Å²) in [5.41, 5.74) is 6.17. The number of benzene rings is 1. The van der Waals surface area contributed by atoms with Crippen LogP contribution in [0.4, 0.5) is 5.69 Å². The number of rotatable bonds is 8. The molecule has 3 N–H and O–H groups in total. The van der Waals surface area contributed by atoms with Gasteiger partial charge in [0.2, 0.25) is 10.0 Å². The number of para-hydroxylation sites is 2. The molecular formula is C14H24N2O3S. The van der Waals surface area contributed by atoms with E-state index in [9.17, 15) is 8.42 Å². The van der Waals surface area contributed by atoms with Crippen LogP contribution in [0.2, 0.25) is 0 Å². The monoisotopic (exact) mass is 300 g/mol. The van der Waals surface area contributed by atoms with Gasteiger partial charge in [0.15, 0.2) is 0 Å². The van der Waals surface area contributed by atoms with Crippen molar-refractivity contribution in [3.05, 3.63) is 24.3 Å². The lowest BCUT2D eigenvalue weighted by molar-refractivity contribution is 0.336. The molecule has 0 aromatic heterocycles. The highest BCUT2D eigenvalue weighted by Gasteiger charge is 2.19. The van der Waals surface area contributed by atoms with Gasteiger partial charge in [-0.2, -0.15) is 0 Å². The van der Waals surface area contributed by atoms with Crippen molar-refractivity contribution in [3.8, 4) is 5.75 Å². The SMILES string of the molecule is CCC(C)(C)CNS(=O)(=O)CCOc1ccccc1N. The Balaban J connectivity index is 2.43. The van der Waals surface area contributed by atoms with E-state index in [2.05, 4.69) is 4.72 Å². The Kier molecular flexibility index (Phi) is 5.83. The molecule has 0 heterocycles. The fourth-order valence-electron chi connectivity index (χ4n) is 1.38. The van der Waals surface area contributed by atoms with Crippen molar-refractivity contribution in [2.75, 3.05) is 24.6 Å². The van der Waals surface area contributed by atoms with Crippen LogP contribution in [0.25, 0.3) is 0 Å². The third-order valence-corrected chi connectivity index (χ3v) is 4.54. The van der Waals surface area contributed by atoms with Crippen molar-refractivity contribution in [1.29, 1.82) is 0 Å². The Bertz CT molecular complexity index is 527. The van der Waals surface area contributed by atoms with E-state index in [1.54, 1.807) is 24.3 Å². The lowest BCUT2D eigenvalue weighted by atomic mass is 9.91. The maximum absolute atomic E-state index is 11.8. The van der Waals surface area contributed by atoms with Crippen molar-refractivity contribution in [2.45, 2.75) is 27.2 Å². The van der Waals surface area contributed by atoms with Gasteiger partial charge in [0.05, 0.1) is 11.4 Å². The zero-order valence-electron chi connectivity index (χ0n) is 12.3. The summed E-state index contributed by atoms with van der Waals surface area (Å²) in [6.45, 7) is 6.60. The molecule has 0 saturated heterocycles. The topological polar surface area (TPSA) is 81.4 Å². The molecule has 0 fully saturated rings. The summed E-state index contributed by atoms with van der Waals surface area (Å²) >= 11 is 0. The van der Waals surface area contributed by atoms with Crippen LogP contribution in [0.3, 0.4) is 0 Å². The van der Waals surface area contributed by atoms with Crippen LogP contribution in [0.15, 0.2) is 24.3 Å². The van der Waals surface area contributed by atoms with Crippen molar-refractivity contribution in [2.24, 2.45) is 5.41 Å². The van der Waals surface area contributed by atoms with E-state index < -0.39 is 10.0 Å². The number of nitrogen functional groups attached to an aromatic ring is 1. The third kappa shape index (κ3) is 5.79. The van der Waals surface area contributed by atoms with Crippen molar-refractivity contribution in [1.82, 2.24) is 4.72 Å². The summed E-state index contributed by atoms with van der Waals surface area (Å²) in [4.78, 5) is 0. The zero-order chi connectivity index (χ0) is 15.2. The van der Waals surface area contributed by atoms with Gasteiger partial charge in [0.25, 0.3) is 0 Å². The molecule has 114 valence electrons. The lowest BCUT2D eigenvalue weighted by Crippen LogP contribution is -2.36. The quantitative estimate of drug-likeness (QED) is 0.720. The molecule has 0 atom stereocenters. The second-order valence-corrected chi connectivity index (χ2v) is 7.47. The predicted molar refractivity (Wildman–Crippen MR) is 82.2 cm³/mol. The maximum Gasteiger partial charge on any atom is 0.214 e. The van der Waals surface area contributed by atoms with Gasteiger partial charge in [-0.3, -0.25) is 0 Å². The summed E-state index contributed by atoms with van der Waals surface area (Å²) in [6.07, 6.45) is 0.909. The number of hydrogen-bond acceptors (Lipinski definition) is 4. The molecular weight excluding hydrogens is 276 g/mol. The standard InChI is InChI=1S/C14H24N2O3S/c1-4-14(2,3)11-16-20(17,18)10-9-19-13-8-6-5-7-12(13)15/h5-8,16H,4,9-11,15H2,1-3H3. The minimum absolute atomic E-state index is 0.0439. The Hall–Kier alpha value is -1.27. The Morgan fingerprint density at radius 2 is 1.95 bits per heavy atom. The highest BCUT2D eigenvalue weighted by molar-refractivity contribution is 7.89. The van der Waals surface area contributed by atoms with Crippen LogP contribution in [0.1, 0.15) is 27.2 Å². The van der Waals surface area contributed by atoms with Gasteiger partial charge in [-0.25, -0.2) is 13.1 Å². The summed E-state index contributed by atoms with van der Waals surface area (Å²) in [7, 11) is -3.32. The molecule has 0 spiro atoms. The second kappa shape index (κ2) is 6.95. The van der Waals surface area contributed by atoms with Crippen LogP contribution in [-0.4, -0.2) is 27.3 Å². The molecule has 0 bridgehead atoms. The fraction of sp³-hybridized carbons (Fsp3) is 0.571. The van der Waals surface area contributed by atoms with Crippen molar-refractivity contribution < 1.29 is 13.2 Å². The predicted octanol–water partition coefficient (Wildman–Crippen LogP) is 2.00. The van der Waals surface area contributed by atoms with E-state index in [1.165, 1.54) is 0 Å². The van der Waals surface area contributed by atoms with Crippen LogP contribution in [0, 0.1) is 5.41 Å². The van der Waals surface area contributed by atoms with E-state index in [4.69, 9.17) is 10.5 Å². The van der Waals surface area contributed by atoms with Crippen LogP contribution in [0.5, 0.6) is 5.75 Å². The summed E-state index contributed by atoms with van der Waals surface area (Å²) in [6, 6.07) is 7.02. The van der Waals surface area contributed by atoms with Gasteiger partial charge >= 0.3 is 0 Å². The van der Waals surface area contributed by atoms with E-state index in [0.29, 0.717) is 18.0 Å². The number of ether oxygens (including phenoxy) is 1. The summed E-state index contributed by atoms with van der Waals surface area (Å²) < 4.78 is 31.7. The molecule has 1 rings (SSSR count). The summed E-state index contributed by atoms with van der Waals surface area (Å²) in [5, 5.41) is 0. The molecule has 0 unspecified atom stereocenters. The number of nitrogens with one attached hydrogen (secondary N) is 1. The molecule has 0 aliphatic heterocycles. The second-order valence-electron chi connectivity index (χ2n) is 5.54. The maximum atomic E-state index is 11.8. The van der Waals surface area contributed by atoms with Gasteiger partial charge in [0.1, 0.15) is 12.4 Å². The number of anilines is 1. The first-order valence-corrected chi connectivity index (χ1v) is 8.35. The van der Waals surface area contributed by atoms with Crippen molar-refractivity contribution >= 4 is 15.7 Å². The van der Waals surface area contributed by atoms with Gasteiger partial charge in [-0.1, -0.05) is 32.9 Å². The van der Waals surface area contributed by atoms with Crippen LogP contribution >= 0.6 is 0 Å². The summed E-state index contributed by atoms with van der Waals surface area (Å²) in [5.74, 6) is 0.429. The van der Waals surface area contributed by atoms with Crippen molar-refractivity contribution in [3.63, 3.8) is 0 Å². The number of hydrogen-bond donors (Lipinski definition) is 2. The molecule has 0 aliphatic rings. The average Bonchev–Trinajstić information content (AvgIpc) is 2.39. The van der Waals surface area contributed by atoms with Crippen LogP contribution in [-0.2, 0) is 10.0 Å². The Labute approximate surface area is 121 Å². The minimum Gasteiger partial charge on any atom is -0.490 e. The fourth-order valence-corrected chi connectivity index (χ4v) is 2.43. The molecule has 20 heavy (non-hydrogen) atoms. The van der Waals surface area contributed by atoms with Gasteiger partial charge in [-0.05, 0) is 24.0 Å². The molecule has 0 amide bonds. The van der Waals surface area contributed by atoms with Crippen LogP contribution < -0.4 is 15.2 Å². The van der Waals surface area contributed by atoms with Gasteiger partial charge < -0.3 is 10.5 Å². The molecule has 1 aromatic carbocycles. The third-order valence-electron chi connectivity index (χ3n) is 3.26. The molecule has 6 heteroatoms. The first-order chi connectivity index (χ1) is 9.26. The van der Waals surface area contributed by atoms with E-state index in [1.807, 2.05) is 20.8 Å². The zero-order valence-corrected chi connectivity index (χ0v) is 13.2. The Morgan fingerprint density at radius 3 is 2.55 bits per heavy atom. The van der Waals surface area contributed by atoms with E-state index >= 15 is 0 Å². The molecule has 0 aliphatic carbocycles. The molecule has 0 radical (unpaired) electrons. The average molecular weight is 300 g/mol. The number of sulfonamides is 1. The highest BCUT2D eigenvalue weighted by atomic mass is 32.2.